The van der Waals surface area contributed by atoms with Crippen LogP contribution in [-0.4, -0.2) is 44.1 Å². The van der Waals surface area contributed by atoms with Crippen molar-refractivity contribution in [1.82, 2.24) is 24.9 Å². The van der Waals surface area contributed by atoms with Crippen LogP contribution in [0.2, 0.25) is 10.0 Å². The molecular weight excluding hydrogens is 614 g/mol. The molecular formula is C33H29Cl2FN8O. The Morgan fingerprint density at radius 3 is 2.60 bits per heavy atom. The minimum atomic E-state index is -0.534. The summed E-state index contributed by atoms with van der Waals surface area (Å²) in [6, 6.07) is 16.8. The summed E-state index contributed by atoms with van der Waals surface area (Å²) < 4.78 is 21.2. The van der Waals surface area contributed by atoms with E-state index in [1.165, 1.54) is 29.5 Å². The Balaban J connectivity index is 1.32. The molecule has 2 aliphatic rings. The molecule has 7 rings (SSSR count). The van der Waals surface area contributed by atoms with Crippen LogP contribution in [0.5, 0.6) is 0 Å². The number of halogens is 3. The van der Waals surface area contributed by atoms with Gasteiger partial charge in [-0.15, -0.1) is 5.10 Å². The number of fused-ring (bicyclic) bond motifs is 2. The second-order valence-electron chi connectivity index (χ2n) is 11.6. The molecule has 45 heavy (non-hydrogen) atoms. The van der Waals surface area contributed by atoms with Crippen molar-refractivity contribution in [1.29, 1.82) is 5.26 Å². The molecule has 4 heterocycles. The molecule has 12 heteroatoms. The van der Waals surface area contributed by atoms with Crippen LogP contribution in [0, 0.1) is 17.1 Å². The van der Waals surface area contributed by atoms with E-state index in [4.69, 9.17) is 27.9 Å². The number of nitriles is 1. The highest BCUT2D eigenvalue weighted by molar-refractivity contribution is 6.36. The van der Waals surface area contributed by atoms with E-state index in [0.717, 1.165) is 37.6 Å². The highest BCUT2D eigenvalue weighted by Crippen LogP contribution is 2.39. The third-order valence-electron chi connectivity index (χ3n) is 8.39. The van der Waals surface area contributed by atoms with E-state index in [1.54, 1.807) is 6.07 Å². The first-order valence-electron chi connectivity index (χ1n) is 14.6. The number of benzene rings is 3. The highest BCUT2D eigenvalue weighted by Gasteiger charge is 2.34. The molecule has 1 unspecified atom stereocenters. The van der Waals surface area contributed by atoms with Gasteiger partial charge in [0.1, 0.15) is 17.6 Å². The standard InChI is InChI=1S/C33H29Cl2FN8O/c1-18(2)44-15-30(41-42-44)33(24-5-3-4-19-13-43(14-26(19)24)23-16-45-17-23)40-22-8-25-31(39-21-6-7-29(36)27(34)9-21)20(11-37)12-38-32(25)28(35)10-22/h3-10,12,15,18,23,33,40H,13-14,16-17H2,1-2H3,(H,38,39). The van der Waals surface area contributed by atoms with E-state index in [2.05, 4.69) is 68.9 Å². The van der Waals surface area contributed by atoms with E-state index in [0.29, 0.717) is 44.6 Å². The Morgan fingerprint density at radius 1 is 1.07 bits per heavy atom. The quantitative estimate of drug-likeness (QED) is 0.181. The summed E-state index contributed by atoms with van der Waals surface area (Å²) in [5.41, 5.74) is 6.93. The van der Waals surface area contributed by atoms with Gasteiger partial charge in [-0.05, 0) is 60.9 Å². The van der Waals surface area contributed by atoms with Gasteiger partial charge < -0.3 is 15.4 Å². The topological polar surface area (TPSA) is 104 Å². The number of hydrogen-bond donors (Lipinski definition) is 2. The van der Waals surface area contributed by atoms with Crippen LogP contribution in [0.3, 0.4) is 0 Å². The van der Waals surface area contributed by atoms with Crippen molar-refractivity contribution in [2.45, 2.75) is 45.1 Å². The minimum absolute atomic E-state index is 0.0339. The lowest BCUT2D eigenvalue weighted by atomic mass is 9.95. The second kappa shape index (κ2) is 11.9. The fraction of sp³-hybridized carbons (Fsp3) is 0.273. The molecule has 228 valence electrons. The summed E-state index contributed by atoms with van der Waals surface area (Å²) in [6.45, 7) is 7.32. The maximum atomic E-state index is 13.9. The van der Waals surface area contributed by atoms with Crippen molar-refractivity contribution < 1.29 is 9.13 Å². The van der Waals surface area contributed by atoms with Crippen molar-refractivity contribution in [3.63, 3.8) is 0 Å². The van der Waals surface area contributed by atoms with Gasteiger partial charge in [0.25, 0.3) is 0 Å². The summed E-state index contributed by atoms with van der Waals surface area (Å²) in [6.07, 6.45) is 3.44. The molecule has 2 aromatic heterocycles. The third-order valence-corrected chi connectivity index (χ3v) is 8.97. The molecule has 0 bridgehead atoms. The monoisotopic (exact) mass is 642 g/mol. The number of nitrogens with one attached hydrogen (secondary N) is 2. The van der Waals surface area contributed by atoms with E-state index in [9.17, 15) is 9.65 Å². The molecule has 0 saturated carbocycles. The lowest BCUT2D eigenvalue weighted by Crippen LogP contribution is -2.46. The third kappa shape index (κ3) is 5.57. The SMILES string of the molecule is CC(C)n1cc(C(Nc2cc(Cl)c3ncc(C#N)c(Nc4ccc(F)c(Cl)c4)c3c2)c2cccc3c2CN(C2COC2)C3)nn1. The number of pyridine rings is 1. The van der Waals surface area contributed by atoms with Gasteiger partial charge in [0.2, 0.25) is 0 Å². The lowest BCUT2D eigenvalue weighted by molar-refractivity contribution is -0.0670. The van der Waals surface area contributed by atoms with Crippen LogP contribution in [0.1, 0.15) is 53.9 Å². The molecule has 3 aromatic carbocycles. The van der Waals surface area contributed by atoms with Crippen molar-refractivity contribution in [3.05, 3.63) is 105 Å². The fourth-order valence-corrected chi connectivity index (χ4v) is 6.32. The van der Waals surface area contributed by atoms with Gasteiger partial charge in [-0.2, -0.15) is 5.26 Å². The molecule has 9 nitrogen and oxygen atoms in total. The fourth-order valence-electron chi connectivity index (χ4n) is 5.87. The molecule has 2 aliphatic heterocycles. The van der Waals surface area contributed by atoms with Gasteiger partial charge in [0, 0.05) is 42.1 Å². The van der Waals surface area contributed by atoms with Crippen molar-refractivity contribution in [2.75, 3.05) is 23.8 Å². The van der Waals surface area contributed by atoms with Crippen LogP contribution in [-0.2, 0) is 17.8 Å². The summed E-state index contributed by atoms with van der Waals surface area (Å²) in [5.74, 6) is -0.534. The first-order chi connectivity index (χ1) is 21.8. The smallest absolute Gasteiger partial charge is 0.141 e. The van der Waals surface area contributed by atoms with E-state index in [-0.39, 0.29) is 17.1 Å². The van der Waals surface area contributed by atoms with Crippen LogP contribution in [0.25, 0.3) is 10.9 Å². The zero-order valence-corrected chi connectivity index (χ0v) is 26.1. The molecule has 2 N–H and O–H groups in total. The largest absolute Gasteiger partial charge is 0.378 e. The van der Waals surface area contributed by atoms with E-state index in [1.807, 2.05) is 23.0 Å². The molecule has 1 fully saturated rings. The van der Waals surface area contributed by atoms with Gasteiger partial charge in [0.05, 0.1) is 58.3 Å². The van der Waals surface area contributed by atoms with Crippen LogP contribution in [0.15, 0.2) is 60.9 Å². The van der Waals surface area contributed by atoms with E-state index < -0.39 is 5.82 Å². The van der Waals surface area contributed by atoms with Crippen LogP contribution in [0.4, 0.5) is 21.5 Å². The number of aromatic nitrogens is 4. The molecule has 0 spiro atoms. The predicted molar refractivity (Wildman–Crippen MR) is 172 cm³/mol. The average molecular weight is 644 g/mol. The zero-order valence-electron chi connectivity index (χ0n) is 24.6. The van der Waals surface area contributed by atoms with Crippen LogP contribution >= 0.6 is 23.2 Å². The molecule has 0 amide bonds. The Labute approximate surface area is 269 Å². The van der Waals surface area contributed by atoms with Crippen LogP contribution < -0.4 is 10.6 Å². The normalized spacial score (nSPS) is 15.6. The van der Waals surface area contributed by atoms with Gasteiger partial charge >= 0.3 is 0 Å². The number of hydrogen-bond acceptors (Lipinski definition) is 8. The number of ether oxygens (including phenoxy) is 1. The summed E-state index contributed by atoms with van der Waals surface area (Å²) in [7, 11) is 0. The summed E-state index contributed by atoms with van der Waals surface area (Å²) in [5, 5.41) is 26.9. The zero-order chi connectivity index (χ0) is 31.2. The predicted octanol–water partition coefficient (Wildman–Crippen LogP) is 7.38. The van der Waals surface area contributed by atoms with E-state index >= 15 is 0 Å². The Kier molecular flexibility index (Phi) is 7.79. The molecule has 0 radical (unpaired) electrons. The van der Waals surface area contributed by atoms with Gasteiger partial charge in [-0.1, -0.05) is 46.6 Å². The van der Waals surface area contributed by atoms with Gasteiger partial charge in [-0.25, -0.2) is 9.07 Å². The Bertz CT molecular complexity index is 1970. The first-order valence-corrected chi connectivity index (χ1v) is 15.4. The summed E-state index contributed by atoms with van der Waals surface area (Å²) >= 11 is 12.9. The number of anilines is 3. The van der Waals surface area contributed by atoms with Crippen molar-refractivity contribution >= 4 is 51.2 Å². The summed E-state index contributed by atoms with van der Waals surface area (Å²) in [4.78, 5) is 6.94. The first kappa shape index (κ1) is 29.4. The molecule has 5 aromatic rings. The van der Waals surface area contributed by atoms with Gasteiger partial charge in [-0.3, -0.25) is 9.88 Å². The molecule has 0 aliphatic carbocycles. The minimum Gasteiger partial charge on any atom is -0.378 e. The lowest BCUT2D eigenvalue weighted by Gasteiger charge is -2.34. The second-order valence-corrected chi connectivity index (χ2v) is 12.5. The van der Waals surface area contributed by atoms with Crippen molar-refractivity contribution in [3.8, 4) is 6.07 Å². The molecule has 1 atom stereocenters. The number of rotatable bonds is 8. The van der Waals surface area contributed by atoms with Gasteiger partial charge in [0.15, 0.2) is 0 Å². The highest BCUT2D eigenvalue weighted by atomic mass is 35.5. The molecule has 1 saturated heterocycles. The Morgan fingerprint density at radius 2 is 1.89 bits per heavy atom. The maximum absolute atomic E-state index is 13.9. The van der Waals surface area contributed by atoms with Crippen molar-refractivity contribution in [2.24, 2.45) is 0 Å². The Hall–Kier alpha value is -4.27. The maximum Gasteiger partial charge on any atom is 0.141 e. The number of nitrogens with zero attached hydrogens (tertiary/aromatic N) is 6. The average Bonchev–Trinajstić information content (AvgIpc) is 3.65.